The first-order chi connectivity index (χ1) is 20.0. The van der Waals surface area contributed by atoms with E-state index in [4.69, 9.17) is 4.74 Å². The zero-order valence-corrected chi connectivity index (χ0v) is 22.9. The Bertz CT molecular complexity index is 1510. The van der Waals surface area contributed by atoms with Crippen LogP contribution in [0, 0.1) is 11.6 Å². The number of nitrogens with one attached hydrogen (secondary N) is 2. The molecule has 2 fully saturated rings. The minimum atomic E-state index is -4.99. The molecule has 224 valence electrons. The van der Waals surface area contributed by atoms with Gasteiger partial charge in [0.1, 0.15) is 11.6 Å². The number of piperazine rings is 1. The number of amides is 1. The lowest BCUT2D eigenvalue weighted by Gasteiger charge is -2.35. The van der Waals surface area contributed by atoms with Crippen LogP contribution in [-0.2, 0) is 17.5 Å². The molecule has 2 aliphatic rings. The molecule has 0 saturated carbocycles. The summed E-state index contributed by atoms with van der Waals surface area (Å²) in [5, 5.41) is 2.42. The average Bonchev–Trinajstić information content (AvgIpc) is 2.94. The quantitative estimate of drug-likeness (QED) is 0.419. The van der Waals surface area contributed by atoms with Crippen molar-refractivity contribution in [1.82, 2.24) is 14.8 Å². The van der Waals surface area contributed by atoms with Gasteiger partial charge in [-0.3, -0.25) is 14.5 Å². The number of carbonyl (C=O) groups is 1. The van der Waals surface area contributed by atoms with Crippen molar-refractivity contribution in [1.29, 1.82) is 0 Å². The monoisotopic (exact) mass is 591 g/mol. The first-order valence-corrected chi connectivity index (χ1v) is 13.5. The molecular weight excluding hydrogens is 561 g/mol. The fourth-order valence-corrected chi connectivity index (χ4v) is 5.19. The molecule has 0 spiro atoms. The van der Waals surface area contributed by atoms with Crippen molar-refractivity contribution in [2.45, 2.75) is 12.7 Å². The number of likely N-dealkylation sites (N-methyl/N-ethyl adjacent to an activating group) is 1. The highest BCUT2D eigenvalue weighted by atomic mass is 19.4. The van der Waals surface area contributed by atoms with Gasteiger partial charge in [0.05, 0.1) is 35.7 Å². The van der Waals surface area contributed by atoms with E-state index in [0.29, 0.717) is 71.3 Å². The maximum absolute atomic E-state index is 15.9. The van der Waals surface area contributed by atoms with E-state index in [1.54, 1.807) is 17.0 Å². The number of aromatic nitrogens is 1. The molecule has 3 heterocycles. The van der Waals surface area contributed by atoms with Gasteiger partial charge >= 0.3 is 6.18 Å². The van der Waals surface area contributed by atoms with Crippen LogP contribution in [0.3, 0.4) is 0 Å². The van der Waals surface area contributed by atoms with Gasteiger partial charge in [0.2, 0.25) is 5.56 Å². The maximum Gasteiger partial charge on any atom is 0.417 e. The summed E-state index contributed by atoms with van der Waals surface area (Å²) in [5.41, 5.74) is -2.44. The Kier molecular flexibility index (Phi) is 8.62. The van der Waals surface area contributed by atoms with Crippen LogP contribution in [0.15, 0.2) is 47.4 Å². The number of halogens is 5. The molecule has 2 aromatic carbocycles. The number of nitrogens with zero attached hydrogens (tertiary/aromatic N) is 3. The Morgan fingerprint density at radius 3 is 2.38 bits per heavy atom. The van der Waals surface area contributed by atoms with Crippen LogP contribution in [-0.4, -0.2) is 80.2 Å². The van der Waals surface area contributed by atoms with E-state index in [0.717, 1.165) is 5.56 Å². The van der Waals surface area contributed by atoms with Crippen LogP contribution in [0.5, 0.6) is 0 Å². The molecule has 3 aromatic rings. The first kappa shape index (κ1) is 29.7. The summed E-state index contributed by atoms with van der Waals surface area (Å²) in [5.74, 6) is -2.58. The number of benzene rings is 2. The number of anilines is 2. The molecule has 42 heavy (non-hydrogen) atoms. The molecule has 2 N–H and O–H groups in total. The highest BCUT2D eigenvalue weighted by molar-refractivity contribution is 6.07. The predicted octanol–water partition coefficient (Wildman–Crippen LogP) is 4.18. The Balaban J connectivity index is 1.55. The third-order valence-corrected chi connectivity index (χ3v) is 7.46. The molecule has 13 heteroatoms. The fourth-order valence-electron chi connectivity index (χ4n) is 5.19. The zero-order valence-electron chi connectivity index (χ0n) is 22.9. The molecule has 2 aliphatic heterocycles. The minimum Gasteiger partial charge on any atom is -0.379 e. The van der Waals surface area contributed by atoms with Gasteiger partial charge in [-0.1, -0.05) is 6.07 Å². The second kappa shape index (κ2) is 12.2. The summed E-state index contributed by atoms with van der Waals surface area (Å²) in [4.78, 5) is 32.8. The largest absolute Gasteiger partial charge is 0.417 e. The van der Waals surface area contributed by atoms with Crippen molar-refractivity contribution in [2.24, 2.45) is 0 Å². The predicted molar refractivity (Wildman–Crippen MR) is 148 cm³/mol. The number of ether oxygens (including phenoxy) is 1. The van der Waals surface area contributed by atoms with Crippen LogP contribution in [0.25, 0.3) is 11.1 Å². The molecule has 0 radical (unpaired) electrons. The van der Waals surface area contributed by atoms with Crippen molar-refractivity contribution in [3.8, 4) is 11.1 Å². The van der Waals surface area contributed by atoms with E-state index in [1.165, 1.54) is 18.2 Å². The van der Waals surface area contributed by atoms with Gasteiger partial charge in [0, 0.05) is 63.6 Å². The summed E-state index contributed by atoms with van der Waals surface area (Å²) in [6, 6.07) is 7.35. The lowest BCUT2D eigenvalue weighted by Crippen LogP contribution is -2.45. The van der Waals surface area contributed by atoms with E-state index in [-0.39, 0.29) is 22.5 Å². The van der Waals surface area contributed by atoms with Crippen molar-refractivity contribution in [3.05, 3.63) is 81.3 Å². The molecule has 0 atom stereocenters. The van der Waals surface area contributed by atoms with Crippen LogP contribution >= 0.6 is 0 Å². The molecule has 0 bridgehead atoms. The molecule has 0 aliphatic carbocycles. The van der Waals surface area contributed by atoms with E-state index in [1.807, 2.05) is 11.9 Å². The summed E-state index contributed by atoms with van der Waals surface area (Å²) < 4.78 is 77.4. The summed E-state index contributed by atoms with van der Waals surface area (Å²) >= 11 is 0. The van der Waals surface area contributed by atoms with Crippen molar-refractivity contribution < 1.29 is 31.5 Å². The lowest BCUT2D eigenvalue weighted by molar-refractivity contribution is -0.138. The number of hydrogen-bond acceptors (Lipinski definition) is 6. The van der Waals surface area contributed by atoms with Crippen LogP contribution in [0.4, 0.5) is 33.3 Å². The molecule has 1 aromatic heterocycles. The van der Waals surface area contributed by atoms with Gasteiger partial charge in [-0.15, -0.1) is 0 Å². The zero-order chi connectivity index (χ0) is 30.0. The Morgan fingerprint density at radius 2 is 1.69 bits per heavy atom. The first-order valence-electron chi connectivity index (χ1n) is 13.5. The van der Waals surface area contributed by atoms with E-state index < -0.39 is 40.4 Å². The molecule has 0 unspecified atom stereocenters. The summed E-state index contributed by atoms with van der Waals surface area (Å²) in [6.07, 6.45) is -4.32. The normalized spacial score (nSPS) is 17.0. The number of hydrogen-bond donors (Lipinski definition) is 2. The number of rotatable bonds is 6. The highest BCUT2D eigenvalue weighted by Crippen LogP contribution is 2.38. The van der Waals surface area contributed by atoms with Crippen LogP contribution in [0.2, 0.25) is 0 Å². The topological polar surface area (TPSA) is 80.9 Å². The SMILES string of the molecule is CN1CCN(c2c(F)cc(-c3cc(CN4CCOCC4)ccc3F)cc2NC(=O)c2c[nH]c(=O)cc2C(F)(F)F)CC1. The number of alkyl halides is 3. The van der Waals surface area contributed by atoms with Crippen molar-refractivity contribution in [2.75, 3.05) is 69.7 Å². The highest BCUT2D eigenvalue weighted by Gasteiger charge is 2.36. The number of aromatic amines is 1. The van der Waals surface area contributed by atoms with Crippen molar-refractivity contribution >= 4 is 17.3 Å². The van der Waals surface area contributed by atoms with Gasteiger partial charge in [0.25, 0.3) is 5.91 Å². The standard InChI is InChI=1S/C29H30F5N5O3/c1-37-4-6-39(7-5-37)27-24(31)13-19(20-12-18(2-3-23(20)30)17-38-8-10-42-11-9-38)14-25(27)36-28(41)21-16-35-26(40)15-22(21)29(32,33)34/h2-3,12-16H,4-11,17H2,1H3,(H,35,40)(H,36,41). The smallest absolute Gasteiger partial charge is 0.379 e. The molecule has 2 saturated heterocycles. The number of pyridine rings is 1. The van der Waals surface area contributed by atoms with Crippen LogP contribution < -0.4 is 15.8 Å². The molecule has 8 nitrogen and oxygen atoms in total. The van der Waals surface area contributed by atoms with Gasteiger partial charge in [-0.2, -0.15) is 13.2 Å². The van der Waals surface area contributed by atoms with Gasteiger partial charge in [-0.25, -0.2) is 8.78 Å². The summed E-state index contributed by atoms with van der Waals surface area (Å²) in [6.45, 7) is 5.08. The fraction of sp³-hybridized carbons (Fsp3) is 0.379. The van der Waals surface area contributed by atoms with Crippen molar-refractivity contribution in [3.63, 3.8) is 0 Å². The van der Waals surface area contributed by atoms with Gasteiger partial charge in [-0.05, 0) is 42.4 Å². The third-order valence-electron chi connectivity index (χ3n) is 7.46. The van der Waals surface area contributed by atoms with Gasteiger partial charge < -0.3 is 24.8 Å². The second-order valence-electron chi connectivity index (χ2n) is 10.4. The average molecular weight is 592 g/mol. The van der Waals surface area contributed by atoms with Gasteiger partial charge in [0.15, 0.2) is 0 Å². The minimum absolute atomic E-state index is 0.0111. The number of H-pyrrole nitrogens is 1. The molecular formula is C29H30F5N5O3. The second-order valence-corrected chi connectivity index (χ2v) is 10.4. The molecule has 5 rings (SSSR count). The van der Waals surface area contributed by atoms with E-state index in [9.17, 15) is 22.8 Å². The van der Waals surface area contributed by atoms with E-state index >= 15 is 8.78 Å². The van der Waals surface area contributed by atoms with E-state index in [2.05, 4.69) is 15.2 Å². The summed E-state index contributed by atoms with van der Waals surface area (Å²) in [7, 11) is 1.90. The lowest BCUT2D eigenvalue weighted by atomic mass is 9.99. The van der Waals surface area contributed by atoms with Crippen LogP contribution in [0.1, 0.15) is 21.5 Å². The third kappa shape index (κ3) is 6.63. The number of morpholine rings is 1. The Hall–Kier alpha value is -3.81. The Labute approximate surface area is 238 Å². The number of carbonyl (C=O) groups excluding carboxylic acids is 1. The maximum atomic E-state index is 15.9. The molecule has 1 amide bonds. The Morgan fingerprint density at radius 1 is 0.976 bits per heavy atom.